The second-order valence-corrected chi connectivity index (χ2v) is 8.94. The van der Waals surface area contributed by atoms with Crippen LogP contribution in [0.3, 0.4) is 0 Å². The average molecular weight is 389 g/mol. The molecule has 1 aromatic heterocycles. The molecule has 0 atom stereocenters. The van der Waals surface area contributed by atoms with Crippen molar-refractivity contribution in [1.29, 1.82) is 0 Å². The standard InChI is InChI=1S/C19H20N2O3S2/c1-3-20-19(22)18-12-15-11-16(9-10-17(15)25-18)21(26(2,23)24)13-14-7-5-4-6-8-14/h4-12H,3,13H2,1-2H3,(H,20,22). The average Bonchev–Trinajstić information content (AvgIpc) is 3.03. The van der Waals surface area contributed by atoms with Crippen molar-refractivity contribution < 1.29 is 13.2 Å². The number of sulfonamides is 1. The highest BCUT2D eigenvalue weighted by molar-refractivity contribution is 7.92. The second kappa shape index (κ2) is 7.47. The molecule has 0 saturated carbocycles. The van der Waals surface area contributed by atoms with E-state index >= 15 is 0 Å². The number of hydrogen-bond donors (Lipinski definition) is 1. The Kier molecular flexibility index (Phi) is 5.29. The maximum Gasteiger partial charge on any atom is 0.261 e. The van der Waals surface area contributed by atoms with E-state index in [1.54, 1.807) is 12.1 Å². The third-order valence-electron chi connectivity index (χ3n) is 3.92. The second-order valence-electron chi connectivity index (χ2n) is 5.95. The van der Waals surface area contributed by atoms with Gasteiger partial charge in [-0.1, -0.05) is 30.3 Å². The summed E-state index contributed by atoms with van der Waals surface area (Å²) in [5, 5.41) is 3.64. The first kappa shape index (κ1) is 18.4. The van der Waals surface area contributed by atoms with Crippen LogP contribution in [0.2, 0.25) is 0 Å². The van der Waals surface area contributed by atoms with E-state index in [4.69, 9.17) is 0 Å². The van der Waals surface area contributed by atoms with Crippen LogP contribution in [0.25, 0.3) is 10.1 Å². The lowest BCUT2D eigenvalue weighted by Crippen LogP contribution is -2.29. The number of thiophene rings is 1. The number of fused-ring (bicyclic) bond motifs is 1. The summed E-state index contributed by atoms with van der Waals surface area (Å²) < 4.78 is 27.0. The summed E-state index contributed by atoms with van der Waals surface area (Å²) in [6.45, 7) is 2.70. The Morgan fingerprint density at radius 3 is 2.50 bits per heavy atom. The predicted octanol–water partition coefficient (Wildman–Crippen LogP) is 3.62. The third-order valence-corrected chi connectivity index (χ3v) is 6.17. The minimum Gasteiger partial charge on any atom is -0.352 e. The van der Waals surface area contributed by atoms with Gasteiger partial charge in [-0.25, -0.2) is 8.42 Å². The normalized spacial score (nSPS) is 11.5. The van der Waals surface area contributed by atoms with Crippen molar-refractivity contribution in [2.45, 2.75) is 13.5 Å². The lowest BCUT2D eigenvalue weighted by Gasteiger charge is -2.22. The molecule has 1 heterocycles. The fourth-order valence-corrected chi connectivity index (χ4v) is 4.53. The zero-order valence-electron chi connectivity index (χ0n) is 14.6. The Balaban J connectivity index is 1.99. The van der Waals surface area contributed by atoms with Gasteiger partial charge in [0.25, 0.3) is 5.91 Å². The smallest absolute Gasteiger partial charge is 0.261 e. The van der Waals surface area contributed by atoms with Crippen molar-refractivity contribution in [2.24, 2.45) is 0 Å². The number of nitrogens with zero attached hydrogens (tertiary/aromatic N) is 1. The van der Waals surface area contributed by atoms with Crippen LogP contribution in [-0.2, 0) is 16.6 Å². The zero-order chi connectivity index (χ0) is 18.7. The summed E-state index contributed by atoms with van der Waals surface area (Å²) >= 11 is 1.40. The minimum absolute atomic E-state index is 0.112. The Hall–Kier alpha value is -2.38. The number of amides is 1. The van der Waals surface area contributed by atoms with Crippen molar-refractivity contribution in [2.75, 3.05) is 17.1 Å². The third kappa shape index (κ3) is 4.05. The van der Waals surface area contributed by atoms with Gasteiger partial charge < -0.3 is 5.32 Å². The van der Waals surface area contributed by atoms with Gasteiger partial charge in [-0.3, -0.25) is 9.10 Å². The van der Waals surface area contributed by atoms with Crippen LogP contribution < -0.4 is 9.62 Å². The van der Waals surface area contributed by atoms with Crippen molar-refractivity contribution in [3.63, 3.8) is 0 Å². The Morgan fingerprint density at radius 2 is 1.85 bits per heavy atom. The van der Waals surface area contributed by atoms with Crippen LogP contribution in [0.4, 0.5) is 5.69 Å². The van der Waals surface area contributed by atoms with Crippen molar-refractivity contribution in [3.8, 4) is 0 Å². The summed E-state index contributed by atoms with van der Waals surface area (Å²) in [4.78, 5) is 12.6. The van der Waals surface area contributed by atoms with E-state index < -0.39 is 10.0 Å². The fourth-order valence-electron chi connectivity index (χ4n) is 2.69. The molecule has 5 nitrogen and oxygen atoms in total. The highest BCUT2D eigenvalue weighted by atomic mass is 32.2. The van der Waals surface area contributed by atoms with Gasteiger partial charge in [-0.05, 0) is 42.1 Å². The molecule has 3 aromatic rings. The van der Waals surface area contributed by atoms with Crippen LogP contribution in [0.1, 0.15) is 22.2 Å². The monoisotopic (exact) mass is 388 g/mol. The van der Waals surface area contributed by atoms with E-state index in [1.165, 1.54) is 21.9 Å². The number of benzene rings is 2. The molecule has 3 rings (SSSR count). The van der Waals surface area contributed by atoms with Gasteiger partial charge in [0.15, 0.2) is 0 Å². The number of rotatable bonds is 6. The quantitative estimate of drug-likeness (QED) is 0.701. The van der Waals surface area contributed by atoms with Gasteiger partial charge in [0.1, 0.15) is 0 Å². The SMILES string of the molecule is CCNC(=O)c1cc2cc(N(Cc3ccccc3)S(C)(=O)=O)ccc2s1. The Bertz CT molecular complexity index is 1030. The molecule has 26 heavy (non-hydrogen) atoms. The fraction of sp³-hybridized carbons (Fsp3) is 0.211. The predicted molar refractivity (Wildman–Crippen MR) is 107 cm³/mol. The number of nitrogens with one attached hydrogen (secondary N) is 1. The molecular formula is C19H20N2O3S2. The lowest BCUT2D eigenvalue weighted by molar-refractivity contribution is 0.0960. The minimum atomic E-state index is -3.45. The molecular weight excluding hydrogens is 368 g/mol. The molecule has 136 valence electrons. The van der Waals surface area contributed by atoms with Gasteiger partial charge in [-0.2, -0.15) is 0 Å². The summed E-state index contributed by atoms with van der Waals surface area (Å²) in [5.41, 5.74) is 1.50. The molecule has 0 saturated heterocycles. The molecule has 0 aliphatic rings. The van der Waals surface area contributed by atoms with Gasteiger partial charge in [-0.15, -0.1) is 11.3 Å². The number of carbonyl (C=O) groups excluding carboxylic acids is 1. The topological polar surface area (TPSA) is 66.5 Å². The van der Waals surface area contributed by atoms with Crippen LogP contribution >= 0.6 is 11.3 Å². The first-order valence-corrected chi connectivity index (χ1v) is 10.9. The van der Waals surface area contributed by atoms with Gasteiger partial charge >= 0.3 is 0 Å². The zero-order valence-corrected chi connectivity index (χ0v) is 16.2. The molecule has 2 aromatic carbocycles. The van der Waals surface area contributed by atoms with Crippen LogP contribution in [0.5, 0.6) is 0 Å². The van der Waals surface area contributed by atoms with E-state index in [1.807, 2.05) is 49.4 Å². The molecule has 7 heteroatoms. The van der Waals surface area contributed by atoms with E-state index in [2.05, 4.69) is 5.32 Å². The number of hydrogen-bond acceptors (Lipinski definition) is 4. The maximum atomic E-state index is 12.3. The highest BCUT2D eigenvalue weighted by Gasteiger charge is 2.19. The largest absolute Gasteiger partial charge is 0.352 e. The van der Waals surface area contributed by atoms with E-state index in [0.717, 1.165) is 15.6 Å². The molecule has 1 N–H and O–H groups in total. The first-order chi connectivity index (χ1) is 12.4. The summed E-state index contributed by atoms with van der Waals surface area (Å²) in [6.07, 6.45) is 1.20. The number of anilines is 1. The van der Waals surface area contributed by atoms with Gasteiger partial charge in [0.05, 0.1) is 23.4 Å². The molecule has 0 fully saturated rings. The van der Waals surface area contributed by atoms with E-state index in [0.29, 0.717) is 17.1 Å². The molecule has 0 radical (unpaired) electrons. The summed E-state index contributed by atoms with van der Waals surface area (Å²) in [6, 6.07) is 16.7. The first-order valence-electron chi connectivity index (χ1n) is 8.22. The summed E-state index contributed by atoms with van der Waals surface area (Å²) in [7, 11) is -3.45. The van der Waals surface area contributed by atoms with Crippen LogP contribution in [-0.4, -0.2) is 27.1 Å². The van der Waals surface area contributed by atoms with Crippen LogP contribution in [0.15, 0.2) is 54.6 Å². The maximum absolute atomic E-state index is 12.3. The van der Waals surface area contributed by atoms with Gasteiger partial charge in [0, 0.05) is 11.2 Å². The summed E-state index contributed by atoms with van der Waals surface area (Å²) in [5.74, 6) is -0.112. The molecule has 0 unspecified atom stereocenters. The molecule has 0 aliphatic carbocycles. The lowest BCUT2D eigenvalue weighted by atomic mass is 10.2. The molecule has 0 bridgehead atoms. The van der Waals surface area contributed by atoms with E-state index in [-0.39, 0.29) is 12.5 Å². The van der Waals surface area contributed by atoms with Crippen molar-refractivity contribution in [1.82, 2.24) is 5.32 Å². The molecule has 0 spiro atoms. The molecule has 0 aliphatic heterocycles. The Labute approximate surface area is 157 Å². The van der Waals surface area contributed by atoms with Crippen molar-refractivity contribution in [3.05, 3.63) is 65.0 Å². The highest BCUT2D eigenvalue weighted by Crippen LogP contribution is 2.31. The van der Waals surface area contributed by atoms with E-state index in [9.17, 15) is 13.2 Å². The Morgan fingerprint density at radius 1 is 1.12 bits per heavy atom. The van der Waals surface area contributed by atoms with Gasteiger partial charge in [0.2, 0.25) is 10.0 Å². The number of carbonyl (C=O) groups is 1. The van der Waals surface area contributed by atoms with Crippen LogP contribution in [0, 0.1) is 0 Å². The van der Waals surface area contributed by atoms with Crippen molar-refractivity contribution >= 4 is 43.0 Å². The molecule has 1 amide bonds.